The Morgan fingerprint density at radius 2 is 1.68 bits per heavy atom. The lowest BCUT2D eigenvalue weighted by Gasteiger charge is -2.27. The molecule has 0 fully saturated rings. The van der Waals surface area contributed by atoms with Gasteiger partial charge in [0.2, 0.25) is 0 Å². The van der Waals surface area contributed by atoms with Gasteiger partial charge in [0, 0.05) is 13.1 Å². The van der Waals surface area contributed by atoms with Crippen LogP contribution < -0.4 is 9.62 Å². The molecule has 2 N–H and O–H groups in total. The van der Waals surface area contributed by atoms with E-state index in [9.17, 15) is 18.3 Å². The number of hydrogen-bond acceptors (Lipinski definition) is 4. The molecule has 6 nitrogen and oxygen atoms in total. The molecule has 0 atom stereocenters. The van der Waals surface area contributed by atoms with E-state index in [2.05, 4.69) is 9.62 Å². The molecule has 2 aromatic carbocycles. The van der Waals surface area contributed by atoms with E-state index in [0.29, 0.717) is 11.3 Å². The fourth-order valence-electron chi connectivity index (χ4n) is 3.22. The Hall–Kier alpha value is -2.54. The van der Waals surface area contributed by atoms with Crippen LogP contribution in [0, 0.1) is 13.8 Å². The maximum Gasteiger partial charge on any atom is 0.335 e. The Labute approximate surface area is 167 Å². The summed E-state index contributed by atoms with van der Waals surface area (Å²) in [6.07, 6.45) is 1.79. The summed E-state index contributed by atoms with van der Waals surface area (Å²) in [5.41, 5.74) is 2.61. The van der Waals surface area contributed by atoms with Crippen LogP contribution in [0.3, 0.4) is 0 Å². The Bertz CT molecular complexity index is 949. The van der Waals surface area contributed by atoms with Crippen molar-refractivity contribution in [1.82, 2.24) is 0 Å². The molecule has 0 bridgehead atoms. The smallest absolute Gasteiger partial charge is 0.335 e. The van der Waals surface area contributed by atoms with Gasteiger partial charge in [-0.1, -0.05) is 31.5 Å². The highest BCUT2D eigenvalue weighted by atomic mass is 32.2. The molecule has 152 valence electrons. The number of carboxylic acid groups (broad SMARTS) is 1. The van der Waals surface area contributed by atoms with Gasteiger partial charge in [0.1, 0.15) is 0 Å². The van der Waals surface area contributed by atoms with Crippen LogP contribution in [-0.4, -0.2) is 32.6 Å². The van der Waals surface area contributed by atoms with Crippen molar-refractivity contribution in [1.29, 1.82) is 0 Å². The number of hydrogen-bond donors (Lipinski definition) is 2. The molecule has 28 heavy (non-hydrogen) atoms. The van der Waals surface area contributed by atoms with E-state index in [4.69, 9.17) is 0 Å². The van der Waals surface area contributed by atoms with Crippen LogP contribution in [0.25, 0.3) is 0 Å². The molecule has 7 heteroatoms. The van der Waals surface area contributed by atoms with Gasteiger partial charge < -0.3 is 10.0 Å². The largest absolute Gasteiger partial charge is 0.478 e. The van der Waals surface area contributed by atoms with Gasteiger partial charge in [0.05, 0.1) is 21.8 Å². The minimum Gasteiger partial charge on any atom is -0.478 e. The number of sulfonamides is 1. The molecular formula is C21H28N2O4S. The molecule has 0 aromatic heterocycles. The van der Waals surface area contributed by atoms with Crippen LogP contribution in [-0.2, 0) is 10.0 Å². The Morgan fingerprint density at radius 3 is 2.21 bits per heavy atom. The second-order valence-electron chi connectivity index (χ2n) is 6.90. The number of aryl methyl sites for hydroxylation is 2. The maximum absolute atomic E-state index is 13.0. The number of aromatic carboxylic acids is 1. The van der Waals surface area contributed by atoms with Gasteiger partial charge in [0.15, 0.2) is 0 Å². The summed E-state index contributed by atoms with van der Waals surface area (Å²) in [6.45, 7) is 9.24. The second-order valence-corrected chi connectivity index (χ2v) is 8.55. The van der Waals surface area contributed by atoms with Gasteiger partial charge >= 0.3 is 5.97 Å². The quantitative estimate of drug-likeness (QED) is 0.646. The Balaban J connectivity index is 2.54. The first-order valence-electron chi connectivity index (χ1n) is 9.42. The minimum absolute atomic E-state index is 0.0371. The number of nitrogens with zero attached hydrogens (tertiary/aromatic N) is 1. The molecule has 0 radical (unpaired) electrons. The summed E-state index contributed by atoms with van der Waals surface area (Å²) in [7, 11) is -3.86. The van der Waals surface area contributed by atoms with Crippen LogP contribution in [0.2, 0.25) is 0 Å². The van der Waals surface area contributed by atoms with Gasteiger partial charge in [-0.3, -0.25) is 4.72 Å². The van der Waals surface area contributed by atoms with Crippen molar-refractivity contribution in [3.8, 4) is 0 Å². The summed E-state index contributed by atoms with van der Waals surface area (Å²) < 4.78 is 28.7. The normalized spacial score (nSPS) is 11.3. The summed E-state index contributed by atoms with van der Waals surface area (Å²) in [6, 6.07) is 9.69. The minimum atomic E-state index is -3.86. The van der Waals surface area contributed by atoms with Crippen LogP contribution in [0.15, 0.2) is 41.3 Å². The average Bonchev–Trinajstić information content (AvgIpc) is 2.60. The van der Waals surface area contributed by atoms with E-state index in [1.807, 2.05) is 26.8 Å². The topological polar surface area (TPSA) is 86.7 Å². The van der Waals surface area contributed by atoms with Gasteiger partial charge in [-0.05, 0) is 56.5 Å². The molecule has 0 aliphatic carbocycles. The van der Waals surface area contributed by atoms with E-state index < -0.39 is 16.0 Å². The first kappa shape index (κ1) is 21.8. The summed E-state index contributed by atoms with van der Waals surface area (Å²) in [5.74, 6) is -1.10. The first-order chi connectivity index (χ1) is 13.2. The van der Waals surface area contributed by atoms with Crippen molar-refractivity contribution < 1.29 is 18.3 Å². The third kappa shape index (κ3) is 5.04. The second kappa shape index (κ2) is 9.10. The number of carboxylic acids is 1. The molecule has 2 rings (SSSR count). The van der Waals surface area contributed by atoms with Gasteiger partial charge in [-0.15, -0.1) is 0 Å². The third-order valence-electron chi connectivity index (χ3n) is 4.44. The SMILES string of the molecule is CCCN(CCC)c1ccc(C(=O)O)cc1NS(=O)(=O)c1ccc(C)cc1C. The predicted molar refractivity (Wildman–Crippen MR) is 113 cm³/mol. The Kier molecular flexibility index (Phi) is 7.07. The van der Waals surface area contributed by atoms with Crippen molar-refractivity contribution >= 4 is 27.4 Å². The maximum atomic E-state index is 13.0. The van der Waals surface area contributed by atoms with E-state index in [1.54, 1.807) is 25.1 Å². The molecule has 0 saturated heterocycles. The average molecular weight is 405 g/mol. The zero-order valence-corrected chi connectivity index (χ0v) is 17.6. The fourth-order valence-corrected chi connectivity index (χ4v) is 4.51. The highest BCUT2D eigenvalue weighted by Gasteiger charge is 2.21. The summed E-state index contributed by atoms with van der Waals surface area (Å²) >= 11 is 0. The highest BCUT2D eigenvalue weighted by molar-refractivity contribution is 7.92. The number of nitrogens with one attached hydrogen (secondary N) is 1. The van der Waals surface area contributed by atoms with Crippen molar-refractivity contribution in [2.75, 3.05) is 22.7 Å². The van der Waals surface area contributed by atoms with Crippen LogP contribution in [0.4, 0.5) is 11.4 Å². The number of carbonyl (C=O) groups is 1. The number of rotatable bonds is 9. The van der Waals surface area contributed by atoms with Gasteiger partial charge in [0.25, 0.3) is 10.0 Å². The van der Waals surface area contributed by atoms with Crippen LogP contribution in [0.1, 0.15) is 48.2 Å². The molecule has 0 spiro atoms. The van der Waals surface area contributed by atoms with Crippen molar-refractivity contribution in [3.63, 3.8) is 0 Å². The number of benzene rings is 2. The lowest BCUT2D eigenvalue weighted by atomic mass is 10.1. The van der Waals surface area contributed by atoms with E-state index >= 15 is 0 Å². The van der Waals surface area contributed by atoms with Gasteiger partial charge in [-0.25, -0.2) is 13.2 Å². The number of anilines is 2. The zero-order valence-electron chi connectivity index (χ0n) is 16.8. The third-order valence-corrected chi connectivity index (χ3v) is 5.96. The zero-order chi connectivity index (χ0) is 20.9. The molecular weight excluding hydrogens is 376 g/mol. The Morgan fingerprint density at radius 1 is 1.04 bits per heavy atom. The molecule has 0 heterocycles. The summed E-state index contributed by atoms with van der Waals surface area (Å²) in [4.78, 5) is 13.7. The van der Waals surface area contributed by atoms with E-state index in [1.165, 1.54) is 12.1 Å². The lowest BCUT2D eigenvalue weighted by Crippen LogP contribution is -2.27. The van der Waals surface area contributed by atoms with E-state index in [-0.39, 0.29) is 16.1 Å². The fraction of sp³-hybridized carbons (Fsp3) is 0.381. The first-order valence-corrected chi connectivity index (χ1v) is 10.9. The lowest BCUT2D eigenvalue weighted by molar-refractivity contribution is 0.0697. The predicted octanol–water partition coefficient (Wildman–Crippen LogP) is 4.43. The highest BCUT2D eigenvalue weighted by Crippen LogP contribution is 2.31. The monoisotopic (exact) mass is 404 g/mol. The van der Waals surface area contributed by atoms with Crippen LogP contribution >= 0.6 is 0 Å². The molecule has 2 aromatic rings. The molecule has 0 aliphatic rings. The van der Waals surface area contributed by atoms with Crippen LogP contribution in [0.5, 0.6) is 0 Å². The van der Waals surface area contributed by atoms with E-state index in [0.717, 1.165) is 31.5 Å². The molecule has 0 saturated carbocycles. The summed E-state index contributed by atoms with van der Waals surface area (Å²) in [5, 5.41) is 9.34. The molecule has 0 amide bonds. The van der Waals surface area contributed by atoms with Crippen molar-refractivity contribution in [2.24, 2.45) is 0 Å². The van der Waals surface area contributed by atoms with Crippen molar-refractivity contribution in [3.05, 3.63) is 53.1 Å². The molecule has 0 aliphatic heterocycles. The van der Waals surface area contributed by atoms with Crippen molar-refractivity contribution in [2.45, 2.75) is 45.4 Å². The molecule has 0 unspecified atom stereocenters. The van der Waals surface area contributed by atoms with Gasteiger partial charge in [-0.2, -0.15) is 0 Å². The standard InChI is InChI=1S/C21H28N2O4S/c1-5-11-23(12-6-2)19-9-8-17(21(24)25)14-18(19)22-28(26,27)20-10-7-15(3)13-16(20)4/h7-10,13-14,22H,5-6,11-12H2,1-4H3,(H,24,25).